The molecule has 1 amide bonds. The molecule has 1 aliphatic heterocycles. The number of sulfonamides is 2. The van der Waals surface area contributed by atoms with Crippen LogP contribution < -0.4 is 9.03 Å². The van der Waals surface area contributed by atoms with Crippen LogP contribution in [0.25, 0.3) is 0 Å². The van der Waals surface area contributed by atoms with Crippen LogP contribution in [0.1, 0.15) is 24.2 Å². The topological polar surface area (TPSA) is 127 Å². The van der Waals surface area contributed by atoms with Gasteiger partial charge in [0.05, 0.1) is 40.1 Å². The lowest BCUT2D eigenvalue weighted by Gasteiger charge is -2.18. The van der Waals surface area contributed by atoms with Gasteiger partial charge in [-0.25, -0.2) is 25.9 Å². The summed E-state index contributed by atoms with van der Waals surface area (Å²) in [5.74, 6) is -1.61. The van der Waals surface area contributed by atoms with E-state index in [1.54, 1.807) is 12.1 Å². The first-order chi connectivity index (χ1) is 13.9. The van der Waals surface area contributed by atoms with Gasteiger partial charge in [-0.1, -0.05) is 12.1 Å². The number of esters is 1. The van der Waals surface area contributed by atoms with Gasteiger partial charge in [0.15, 0.2) is 0 Å². The van der Waals surface area contributed by atoms with E-state index in [2.05, 4.69) is 9.46 Å². The predicted octanol–water partition coefficient (Wildman–Crippen LogP) is 1.98. The summed E-state index contributed by atoms with van der Waals surface area (Å²) in [5.41, 5.74) is -0.939. The second kappa shape index (κ2) is 7.40. The highest BCUT2D eigenvalue weighted by atomic mass is 32.2. The molecule has 2 aromatic rings. The van der Waals surface area contributed by atoms with Gasteiger partial charge in [-0.3, -0.25) is 9.52 Å². The number of carbonyl (C=O) groups excluding carboxylic acids is 2. The molecule has 0 spiro atoms. The molecule has 160 valence electrons. The van der Waals surface area contributed by atoms with Gasteiger partial charge in [-0.15, -0.1) is 0 Å². The molecule has 3 rings (SSSR count). The SMILES string of the molecule is COC(=O)c1ccccc1NS(=O)(=O)c1ccc(N2C(=O)C(C)(C)CS2(=O)=O)cc1. The number of carbonyl (C=O) groups is 2. The van der Waals surface area contributed by atoms with Crippen molar-refractivity contribution in [1.82, 2.24) is 0 Å². The predicted molar refractivity (Wildman–Crippen MR) is 110 cm³/mol. The fraction of sp³-hybridized carbons (Fsp3) is 0.263. The normalized spacial score (nSPS) is 17.6. The molecule has 30 heavy (non-hydrogen) atoms. The highest BCUT2D eigenvalue weighted by molar-refractivity contribution is 7.94. The summed E-state index contributed by atoms with van der Waals surface area (Å²) in [6.07, 6.45) is 0. The summed E-state index contributed by atoms with van der Waals surface area (Å²) in [6.45, 7) is 3.07. The number of anilines is 2. The molecule has 1 heterocycles. The van der Waals surface area contributed by atoms with Gasteiger partial charge >= 0.3 is 5.97 Å². The van der Waals surface area contributed by atoms with E-state index < -0.39 is 37.3 Å². The highest BCUT2D eigenvalue weighted by Gasteiger charge is 2.49. The van der Waals surface area contributed by atoms with Crippen LogP contribution in [0.2, 0.25) is 0 Å². The van der Waals surface area contributed by atoms with Crippen LogP contribution in [0, 0.1) is 5.41 Å². The van der Waals surface area contributed by atoms with E-state index >= 15 is 0 Å². The summed E-state index contributed by atoms with van der Waals surface area (Å²) < 4.78 is 57.9. The molecular formula is C19H20N2O7S2. The average molecular weight is 453 g/mol. The molecule has 0 aromatic heterocycles. The van der Waals surface area contributed by atoms with E-state index in [-0.39, 0.29) is 27.6 Å². The highest BCUT2D eigenvalue weighted by Crippen LogP contribution is 2.36. The Bertz CT molecular complexity index is 1220. The van der Waals surface area contributed by atoms with E-state index in [0.717, 1.165) is 0 Å². The first-order valence-electron chi connectivity index (χ1n) is 8.77. The number of nitrogens with one attached hydrogen (secondary N) is 1. The maximum absolute atomic E-state index is 12.7. The number of hydrogen-bond acceptors (Lipinski definition) is 7. The monoisotopic (exact) mass is 452 g/mol. The first-order valence-corrected chi connectivity index (χ1v) is 11.9. The Kier molecular flexibility index (Phi) is 5.37. The second-order valence-electron chi connectivity index (χ2n) is 7.35. The lowest BCUT2D eigenvalue weighted by Crippen LogP contribution is -2.32. The van der Waals surface area contributed by atoms with Gasteiger partial charge in [0, 0.05) is 0 Å². The summed E-state index contributed by atoms with van der Waals surface area (Å²) >= 11 is 0. The second-order valence-corrected chi connectivity index (χ2v) is 10.8. The molecule has 1 saturated heterocycles. The van der Waals surface area contributed by atoms with Gasteiger partial charge in [0.25, 0.3) is 10.0 Å². The van der Waals surface area contributed by atoms with Crippen molar-refractivity contribution in [3.8, 4) is 0 Å². The minimum Gasteiger partial charge on any atom is -0.465 e. The maximum atomic E-state index is 12.7. The zero-order chi connectivity index (χ0) is 22.3. The first kappa shape index (κ1) is 21.8. The van der Waals surface area contributed by atoms with Gasteiger partial charge in [0.2, 0.25) is 15.9 Å². The zero-order valence-corrected chi connectivity index (χ0v) is 18.1. The number of para-hydroxylation sites is 1. The third kappa shape index (κ3) is 3.90. The van der Waals surface area contributed by atoms with E-state index in [0.29, 0.717) is 4.31 Å². The van der Waals surface area contributed by atoms with Crippen LogP contribution >= 0.6 is 0 Å². The van der Waals surface area contributed by atoms with Crippen molar-refractivity contribution < 1.29 is 31.2 Å². The molecule has 0 bridgehead atoms. The summed E-state index contributed by atoms with van der Waals surface area (Å²) in [5, 5.41) is 0. The van der Waals surface area contributed by atoms with Crippen LogP contribution in [0.4, 0.5) is 11.4 Å². The molecule has 0 saturated carbocycles. The van der Waals surface area contributed by atoms with Crippen molar-refractivity contribution in [2.45, 2.75) is 18.7 Å². The Morgan fingerprint density at radius 1 is 1.10 bits per heavy atom. The molecule has 9 nitrogen and oxygen atoms in total. The third-order valence-corrected chi connectivity index (χ3v) is 7.94. The number of hydrogen-bond donors (Lipinski definition) is 1. The zero-order valence-electron chi connectivity index (χ0n) is 16.4. The van der Waals surface area contributed by atoms with E-state index in [9.17, 15) is 26.4 Å². The smallest absolute Gasteiger partial charge is 0.339 e. The molecule has 0 aliphatic carbocycles. The molecule has 0 atom stereocenters. The molecule has 1 fully saturated rings. The summed E-state index contributed by atoms with van der Waals surface area (Å²) in [4.78, 5) is 24.1. The van der Waals surface area contributed by atoms with Gasteiger partial charge in [-0.2, -0.15) is 0 Å². The van der Waals surface area contributed by atoms with E-state index in [1.165, 1.54) is 57.4 Å². The molecule has 0 radical (unpaired) electrons. The molecular weight excluding hydrogens is 432 g/mol. The lowest BCUT2D eigenvalue weighted by atomic mass is 9.95. The van der Waals surface area contributed by atoms with Crippen molar-refractivity contribution >= 4 is 43.3 Å². The number of benzene rings is 2. The fourth-order valence-corrected chi connectivity index (χ4v) is 6.27. The fourth-order valence-electron chi connectivity index (χ4n) is 3.09. The summed E-state index contributed by atoms with van der Waals surface area (Å²) in [7, 11) is -6.76. The molecule has 1 N–H and O–H groups in total. The van der Waals surface area contributed by atoms with E-state index in [1.807, 2.05) is 0 Å². The molecule has 0 unspecified atom stereocenters. The Hall–Kier alpha value is -2.92. The van der Waals surface area contributed by atoms with Gasteiger partial charge < -0.3 is 4.74 Å². The maximum Gasteiger partial charge on any atom is 0.339 e. The van der Waals surface area contributed by atoms with Crippen LogP contribution in [-0.2, 0) is 29.6 Å². The third-order valence-electron chi connectivity index (χ3n) is 4.54. The number of nitrogens with zero attached hydrogens (tertiary/aromatic N) is 1. The number of rotatable bonds is 5. The Morgan fingerprint density at radius 3 is 2.23 bits per heavy atom. The Labute approximate surface area is 174 Å². The van der Waals surface area contributed by atoms with Crippen molar-refractivity contribution in [1.29, 1.82) is 0 Å². The minimum absolute atomic E-state index is 0.0347. The average Bonchev–Trinajstić information content (AvgIpc) is 2.83. The largest absolute Gasteiger partial charge is 0.465 e. The van der Waals surface area contributed by atoms with E-state index in [4.69, 9.17) is 0 Å². The van der Waals surface area contributed by atoms with Crippen molar-refractivity contribution in [2.24, 2.45) is 5.41 Å². The van der Waals surface area contributed by atoms with Crippen LogP contribution in [-0.4, -0.2) is 41.6 Å². The Morgan fingerprint density at radius 2 is 1.70 bits per heavy atom. The van der Waals surface area contributed by atoms with Gasteiger partial charge in [-0.05, 0) is 50.2 Å². The molecule has 11 heteroatoms. The van der Waals surface area contributed by atoms with Crippen LogP contribution in [0.3, 0.4) is 0 Å². The molecule has 1 aliphatic rings. The molecule has 2 aromatic carbocycles. The van der Waals surface area contributed by atoms with Crippen molar-refractivity contribution in [2.75, 3.05) is 21.9 Å². The Balaban J connectivity index is 1.92. The minimum atomic E-state index is -4.09. The summed E-state index contributed by atoms with van der Waals surface area (Å²) in [6, 6.07) is 10.8. The standard InChI is InChI=1S/C19H20N2O7S2/c1-19(2)12-29(24,25)21(18(19)23)13-8-10-14(11-9-13)30(26,27)20-16-7-5-4-6-15(16)17(22)28-3/h4-11,20H,12H2,1-3H3. The van der Waals surface area contributed by atoms with Gasteiger partial charge in [0.1, 0.15) is 0 Å². The van der Waals surface area contributed by atoms with Crippen molar-refractivity contribution in [3.63, 3.8) is 0 Å². The van der Waals surface area contributed by atoms with Crippen molar-refractivity contribution in [3.05, 3.63) is 54.1 Å². The number of ether oxygens (including phenoxy) is 1. The number of methoxy groups -OCH3 is 1. The quantitative estimate of drug-likeness (QED) is 0.687. The number of amides is 1. The van der Waals surface area contributed by atoms with Crippen LogP contribution in [0.5, 0.6) is 0 Å². The lowest BCUT2D eigenvalue weighted by molar-refractivity contribution is -0.123. The van der Waals surface area contributed by atoms with Crippen LogP contribution in [0.15, 0.2) is 53.4 Å².